The van der Waals surface area contributed by atoms with Gasteiger partial charge >= 0.3 is 11.9 Å². The fraction of sp³-hybridized carbons (Fsp3) is 0.619. The van der Waals surface area contributed by atoms with Crippen molar-refractivity contribution in [3.63, 3.8) is 0 Å². The summed E-state index contributed by atoms with van der Waals surface area (Å²) >= 11 is 0. The van der Waals surface area contributed by atoms with Crippen molar-refractivity contribution in [3.8, 4) is 0 Å². The molecule has 0 aliphatic heterocycles. The topological polar surface area (TPSA) is 52.6 Å². The summed E-state index contributed by atoms with van der Waals surface area (Å²) in [4.78, 5) is 25.0. The van der Waals surface area contributed by atoms with E-state index in [9.17, 15) is 9.59 Å². The third kappa shape index (κ3) is 5.32. The van der Waals surface area contributed by atoms with E-state index in [2.05, 4.69) is 25.3 Å². The highest BCUT2D eigenvalue weighted by Gasteiger charge is 2.53. The SMILES string of the molecule is C=CCCCCOC(=O)C1C2C=CC(C2)C1C(=O)OCCCCC=C. The van der Waals surface area contributed by atoms with E-state index in [1.807, 2.05) is 12.2 Å². The van der Waals surface area contributed by atoms with Crippen LogP contribution in [0.2, 0.25) is 0 Å². The Labute approximate surface area is 151 Å². The molecule has 4 heteroatoms. The maximum Gasteiger partial charge on any atom is 0.310 e. The summed E-state index contributed by atoms with van der Waals surface area (Å²) in [6.45, 7) is 8.18. The summed E-state index contributed by atoms with van der Waals surface area (Å²) in [5.74, 6) is -1.02. The van der Waals surface area contributed by atoms with Crippen LogP contribution >= 0.6 is 0 Å². The van der Waals surface area contributed by atoms with E-state index >= 15 is 0 Å². The van der Waals surface area contributed by atoms with Crippen LogP contribution in [0.25, 0.3) is 0 Å². The van der Waals surface area contributed by atoms with Gasteiger partial charge in [-0.2, -0.15) is 0 Å². The first-order chi connectivity index (χ1) is 12.2. The fourth-order valence-corrected chi connectivity index (χ4v) is 3.78. The van der Waals surface area contributed by atoms with Crippen molar-refractivity contribution >= 4 is 11.9 Å². The Morgan fingerprint density at radius 1 is 0.840 bits per heavy atom. The average Bonchev–Trinajstić information content (AvgIpc) is 3.22. The number of allylic oxidation sites excluding steroid dienone is 4. The van der Waals surface area contributed by atoms with Gasteiger partial charge in [0.05, 0.1) is 25.0 Å². The first kappa shape index (κ1) is 19.5. The van der Waals surface area contributed by atoms with Crippen molar-refractivity contribution in [3.05, 3.63) is 37.5 Å². The second-order valence-corrected chi connectivity index (χ2v) is 6.90. The molecule has 0 N–H and O–H groups in total. The van der Waals surface area contributed by atoms with Crippen LogP contribution in [-0.4, -0.2) is 25.2 Å². The van der Waals surface area contributed by atoms with Crippen LogP contribution in [0.15, 0.2) is 37.5 Å². The van der Waals surface area contributed by atoms with E-state index in [0.29, 0.717) is 13.2 Å². The van der Waals surface area contributed by atoms with Crippen molar-refractivity contribution in [2.24, 2.45) is 23.7 Å². The smallest absolute Gasteiger partial charge is 0.310 e. The second kappa shape index (κ2) is 10.2. The molecule has 0 amide bonds. The van der Waals surface area contributed by atoms with E-state index in [4.69, 9.17) is 9.47 Å². The Balaban J connectivity index is 1.82. The molecule has 0 aromatic heterocycles. The summed E-state index contributed by atoms with van der Waals surface area (Å²) < 4.78 is 10.9. The summed E-state index contributed by atoms with van der Waals surface area (Å²) in [5, 5.41) is 0. The molecule has 4 nitrogen and oxygen atoms in total. The van der Waals surface area contributed by atoms with Gasteiger partial charge in [-0.15, -0.1) is 13.2 Å². The Kier molecular flexibility index (Phi) is 7.96. The monoisotopic (exact) mass is 346 g/mol. The van der Waals surface area contributed by atoms with Gasteiger partial charge in [-0.1, -0.05) is 24.3 Å². The fourth-order valence-electron chi connectivity index (χ4n) is 3.78. The minimum atomic E-state index is -0.380. The van der Waals surface area contributed by atoms with Gasteiger partial charge in [0.25, 0.3) is 0 Å². The molecule has 0 spiro atoms. The molecule has 4 atom stereocenters. The van der Waals surface area contributed by atoms with Crippen LogP contribution in [-0.2, 0) is 19.1 Å². The minimum Gasteiger partial charge on any atom is -0.465 e. The number of esters is 2. The molecular weight excluding hydrogens is 316 g/mol. The summed E-state index contributed by atoms with van der Waals surface area (Å²) in [6, 6.07) is 0. The van der Waals surface area contributed by atoms with Gasteiger partial charge in [0.15, 0.2) is 0 Å². The highest BCUT2D eigenvalue weighted by molar-refractivity contribution is 5.84. The Morgan fingerprint density at radius 2 is 1.28 bits per heavy atom. The predicted octanol–water partition coefficient (Wildman–Crippen LogP) is 4.22. The molecule has 138 valence electrons. The summed E-state index contributed by atoms with van der Waals surface area (Å²) in [5.41, 5.74) is 0. The molecule has 0 saturated heterocycles. The van der Waals surface area contributed by atoms with Crippen LogP contribution in [0, 0.1) is 23.7 Å². The quantitative estimate of drug-likeness (QED) is 0.301. The van der Waals surface area contributed by atoms with Crippen molar-refractivity contribution in [2.45, 2.75) is 44.9 Å². The van der Waals surface area contributed by atoms with E-state index < -0.39 is 0 Å². The highest BCUT2D eigenvalue weighted by atomic mass is 16.5. The number of unbranched alkanes of at least 4 members (excludes halogenated alkanes) is 4. The molecule has 0 radical (unpaired) electrons. The number of hydrogen-bond acceptors (Lipinski definition) is 4. The summed E-state index contributed by atoms with van der Waals surface area (Å²) in [7, 11) is 0. The van der Waals surface area contributed by atoms with Gasteiger partial charge in [-0.05, 0) is 56.8 Å². The maximum atomic E-state index is 12.5. The molecule has 2 aliphatic carbocycles. The number of hydrogen-bond donors (Lipinski definition) is 0. The minimum absolute atomic E-state index is 0.115. The van der Waals surface area contributed by atoms with Crippen molar-refractivity contribution in [1.82, 2.24) is 0 Å². The molecule has 2 rings (SSSR count). The van der Waals surface area contributed by atoms with Gasteiger partial charge in [-0.3, -0.25) is 9.59 Å². The van der Waals surface area contributed by atoms with Crippen LogP contribution in [0.3, 0.4) is 0 Å². The Morgan fingerprint density at radius 3 is 1.68 bits per heavy atom. The summed E-state index contributed by atoms with van der Waals surface area (Å²) in [6.07, 6.45) is 14.1. The molecule has 1 fully saturated rings. The number of carbonyl (C=O) groups is 2. The maximum absolute atomic E-state index is 12.5. The van der Waals surface area contributed by atoms with Gasteiger partial charge in [-0.25, -0.2) is 0 Å². The van der Waals surface area contributed by atoms with Crippen molar-refractivity contribution in [2.75, 3.05) is 13.2 Å². The first-order valence-corrected chi connectivity index (χ1v) is 9.42. The lowest BCUT2D eigenvalue weighted by atomic mass is 9.83. The third-order valence-corrected chi connectivity index (χ3v) is 5.10. The predicted molar refractivity (Wildman–Crippen MR) is 97.7 cm³/mol. The zero-order valence-corrected chi connectivity index (χ0v) is 15.0. The van der Waals surface area contributed by atoms with E-state index in [-0.39, 0.29) is 35.6 Å². The first-order valence-electron chi connectivity index (χ1n) is 9.42. The Bertz CT molecular complexity index is 464. The van der Waals surface area contributed by atoms with Crippen molar-refractivity contribution < 1.29 is 19.1 Å². The molecule has 1 saturated carbocycles. The highest BCUT2D eigenvalue weighted by Crippen LogP contribution is 2.49. The zero-order chi connectivity index (χ0) is 18.1. The van der Waals surface area contributed by atoms with Crippen LogP contribution in [0.1, 0.15) is 44.9 Å². The molecule has 2 bridgehead atoms. The number of rotatable bonds is 12. The zero-order valence-electron chi connectivity index (χ0n) is 15.0. The van der Waals surface area contributed by atoms with Crippen LogP contribution < -0.4 is 0 Å². The largest absolute Gasteiger partial charge is 0.465 e. The molecule has 25 heavy (non-hydrogen) atoms. The lowest BCUT2D eigenvalue weighted by Crippen LogP contribution is -2.35. The van der Waals surface area contributed by atoms with Gasteiger partial charge in [0, 0.05) is 0 Å². The van der Waals surface area contributed by atoms with Crippen LogP contribution in [0.4, 0.5) is 0 Å². The van der Waals surface area contributed by atoms with Crippen molar-refractivity contribution in [1.29, 1.82) is 0 Å². The molecule has 0 aromatic carbocycles. The third-order valence-electron chi connectivity index (χ3n) is 5.10. The molecule has 2 aliphatic rings. The Hall–Kier alpha value is -1.84. The molecular formula is C21H30O4. The molecule has 0 heterocycles. The van der Waals surface area contributed by atoms with Gasteiger partial charge in [0.2, 0.25) is 0 Å². The lowest BCUT2D eigenvalue weighted by Gasteiger charge is -2.25. The number of ether oxygens (including phenoxy) is 2. The molecule has 4 unspecified atom stereocenters. The lowest BCUT2D eigenvalue weighted by molar-refractivity contribution is -0.161. The standard InChI is InChI=1S/C21H30O4/c1-3-5-7-9-13-24-20(22)18-16-11-12-17(15-16)19(18)21(23)25-14-10-8-6-4-2/h3-4,11-12,16-19H,1-2,5-10,13-15H2. The van der Waals surface area contributed by atoms with E-state index in [1.165, 1.54) is 0 Å². The van der Waals surface area contributed by atoms with Gasteiger partial charge in [0.1, 0.15) is 0 Å². The normalized spacial score (nSPS) is 26.4. The van der Waals surface area contributed by atoms with Crippen LogP contribution in [0.5, 0.6) is 0 Å². The van der Waals surface area contributed by atoms with E-state index in [1.54, 1.807) is 0 Å². The number of fused-ring (bicyclic) bond motifs is 2. The van der Waals surface area contributed by atoms with E-state index in [0.717, 1.165) is 44.9 Å². The van der Waals surface area contributed by atoms with Gasteiger partial charge < -0.3 is 9.47 Å². The average molecular weight is 346 g/mol. The second-order valence-electron chi connectivity index (χ2n) is 6.90. The number of carbonyl (C=O) groups excluding carboxylic acids is 2. The molecule has 0 aromatic rings.